The molecule has 10 rings (SSSR count). The standard InChI is InChI=1S/C54H42O/c1-31-25-34(4)50(35(5)26-31)52-44-16-10-9-15-43(44)51(41-27-32(2)36(6)33(3)28-41)48-29-39(23-24-45(48)52)37-19-21-38(22-20-37)47-30-40-13-7-8-14-42(40)53-46-17-11-12-18-49(46)55-54(47)53/h7-30H,1-6H3. The Morgan fingerprint density at radius 3 is 1.64 bits per heavy atom. The summed E-state index contributed by atoms with van der Waals surface area (Å²) in [5, 5.41) is 9.90. The second kappa shape index (κ2) is 12.6. The number of benzene rings is 9. The fourth-order valence-corrected chi connectivity index (χ4v) is 9.32. The van der Waals surface area contributed by atoms with Gasteiger partial charge < -0.3 is 4.42 Å². The highest BCUT2D eigenvalue weighted by Crippen LogP contribution is 2.47. The summed E-state index contributed by atoms with van der Waals surface area (Å²) in [6.45, 7) is 13.4. The predicted octanol–water partition coefficient (Wildman–Crippen LogP) is 15.6. The van der Waals surface area contributed by atoms with E-state index in [4.69, 9.17) is 4.42 Å². The first-order chi connectivity index (χ1) is 26.7. The molecule has 1 nitrogen and oxygen atoms in total. The van der Waals surface area contributed by atoms with Gasteiger partial charge in [-0.25, -0.2) is 0 Å². The Kier molecular flexibility index (Phi) is 7.58. The maximum Gasteiger partial charge on any atom is 0.143 e. The van der Waals surface area contributed by atoms with Crippen LogP contribution in [-0.4, -0.2) is 0 Å². The fourth-order valence-electron chi connectivity index (χ4n) is 9.32. The van der Waals surface area contributed by atoms with Crippen LogP contribution in [0, 0.1) is 41.5 Å². The number of hydrogen-bond acceptors (Lipinski definition) is 1. The molecular formula is C54H42O. The van der Waals surface area contributed by atoms with Crippen molar-refractivity contribution in [3.8, 4) is 44.5 Å². The highest BCUT2D eigenvalue weighted by molar-refractivity contribution is 6.24. The Morgan fingerprint density at radius 2 is 0.927 bits per heavy atom. The third kappa shape index (κ3) is 5.22. The summed E-state index contributed by atoms with van der Waals surface area (Å²) >= 11 is 0. The van der Waals surface area contributed by atoms with Crippen molar-refractivity contribution in [2.75, 3.05) is 0 Å². The van der Waals surface area contributed by atoms with Crippen LogP contribution in [-0.2, 0) is 0 Å². The van der Waals surface area contributed by atoms with Gasteiger partial charge >= 0.3 is 0 Å². The average molecular weight is 707 g/mol. The van der Waals surface area contributed by atoms with Crippen LogP contribution in [0.5, 0.6) is 0 Å². The molecule has 0 saturated heterocycles. The van der Waals surface area contributed by atoms with Crippen LogP contribution < -0.4 is 0 Å². The largest absolute Gasteiger partial charge is 0.455 e. The zero-order chi connectivity index (χ0) is 37.5. The average Bonchev–Trinajstić information content (AvgIpc) is 3.59. The zero-order valence-electron chi connectivity index (χ0n) is 32.3. The second-order valence-electron chi connectivity index (χ2n) is 15.6. The van der Waals surface area contributed by atoms with Gasteiger partial charge in [-0.05, 0) is 159 Å². The molecule has 0 aliphatic heterocycles. The van der Waals surface area contributed by atoms with Gasteiger partial charge in [0.05, 0.1) is 0 Å². The molecule has 10 aromatic rings. The maximum absolute atomic E-state index is 6.59. The molecule has 0 bridgehead atoms. The smallest absolute Gasteiger partial charge is 0.143 e. The molecule has 0 atom stereocenters. The number of para-hydroxylation sites is 1. The van der Waals surface area contributed by atoms with Crippen LogP contribution in [0.2, 0.25) is 0 Å². The van der Waals surface area contributed by atoms with E-state index in [9.17, 15) is 0 Å². The van der Waals surface area contributed by atoms with E-state index in [1.807, 2.05) is 6.07 Å². The van der Waals surface area contributed by atoms with Gasteiger partial charge in [-0.2, -0.15) is 0 Å². The first-order valence-electron chi connectivity index (χ1n) is 19.3. The van der Waals surface area contributed by atoms with Crippen LogP contribution in [0.15, 0.2) is 150 Å². The molecule has 0 saturated carbocycles. The Bertz CT molecular complexity index is 3140. The molecule has 0 unspecified atom stereocenters. The van der Waals surface area contributed by atoms with Crippen molar-refractivity contribution in [3.63, 3.8) is 0 Å². The van der Waals surface area contributed by atoms with Gasteiger partial charge in [0.1, 0.15) is 11.2 Å². The number of furan rings is 1. The topological polar surface area (TPSA) is 13.1 Å². The first-order valence-corrected chi connectivity index (χ1v) is 19.3. The Hall–Kier alpha value is -6.44. The van der Waals surface area contributed by atoms with Crippen LogP contribution in [0.3, 0.4) is 0 Å². The first kappa shape index (κ1) is 33.2. The number of fused-ring (bicyclic) bond motifs is 7. The minimum atomic E-state index is 0.917. The molecule has 0 aliphatic carbocycles. The lowest BCUT2D eigenvalue weighted by Crippen LogP contribution is -1.96. The molecule has 0 fully saturated rings. The third-order valence-electron chi connectivity index (χ3n) is 12.1. The lowest BCUT2D eigenvalue weighted by Gasteiger charge is -2.22. The monoisotopic (exact) mass is 706 g/mol. The molecule has 0 radical (unpaired) electrons. The van der Waals surface area contributed by atoms with Gasteiger partial charge in [-0.3, -0.25) is 0 Å². The third-order valence-corrected chi connectivity index (χ3v) is 12.1. The molecule has 1 heterocycles. The van der Waals surface area contributed by atoms with Crippen LogP contribution in [0.4, 0.5) is 0 Å². The predicted molar refractivity (Wildman–Crippen MR) is 236 cm³/mol. The lowest BCUT2D eigenvalue weighted by atomic mass is 9.82. The Balaban J connectivity index is 1.21. The second-order valence-corrected chi connectivity index (χ2v) is 15.6. The summed E-state index contributed by atoms with van der Waals surface area (Å²) in [6, 6.07) is 53.9. The van der Waals surface area contributed by atoms with Crippen LogP contribution >= 0.6 is 0 Å². The van der Waals surface area contributed by atoms with E-state index in [0.29, 0.717) is 0 Å². The minimum Gasteiger partial charge on any atom is -0.455 e. The minimum absolute atomic E-state index is 0.917. The fraction of sp³-hybridized carbons (Fsp3) is 0.111. The van der Waals surface area contributed by atoms with E-state index in [1.54, 1.807) is 0 Å². The van der Waals surface area contributed by atoms with Gasteiger partial charge in [0.15, 0.2) is 0 Å². The van der Waals surface area contributed by atoms with E-state index in [-0.39, 0.29) is 0 Å². The molecule has 1 aromatic heterocycles. The van der Waals surface area contributed by atoms with Crippen LogP contribution in [0.25, 0.3) is 98.8 Å². The molecule has 9 aromatic carbocycles. The number of rotatable bonds is 4. The van der Waals surface area contributed by atoms with Crippen molar-refractivity contribution in [2.24, 2.45) is 0 Å². The molecule has 55 heavy (non-hydrogen) atoms. The van der Waals surface area contributed by atoms with Gasteiger partial charge in [-0.15, -0.1) is 0 Å². The van der Waals surface area contributed by atoms with Crippen molar-refractivity contribution in [1.29, 1.82) is 0 Å². The molecule has 1 heteroatoms. The number of aryl methyl sites for hydroxylation is 5. The van der Waals surface area contributed by atoms with Gasteiger partial charge in [-0.1, -0.05) is 133 Å². The van der Waals surface area contributed by atoms with Crippen molar-refractivity contribution < 1.29 is 4.42 Å². The summed E-state index contributed by atoms with van der Waals surface area (Å²) in [4.78, 5) is 0. The molecule has 264 valence electrons. The van der Waals surface area contributed by atoms with Gasteiger partial charge in [0.2, 0.25) is 0 Å². The van der Waals surface area contributed by atoms with E-state index in [2.05, 4.69) is 181 Å². The van der Waals surface area contributed by atoms with E-state index in [1.165, 1.54) is 104 Å². The quantitative estimate of drug-likeness (QED) is 0.166. The van der Waals surface area contributed by atoms with Gasteiger partial charge in [0.25, 0.3) is 0 Å². The lowest BCUT2D eigenvalue weighted by molar-refractivity contribution is 0.670. The SMILES string of the molecule is Cc1cc(C)c(-c2c3ccccc3c(-c3cc(C)c(C)c(C)c3)c3cc(-c4ccc(-c5cc6ccccc6c6c5oc5ccccc56)cc4)ccc23)c(C)c1. The molecule has 0 spiro atoms. The highest BCUT2D eigenvalue weighted by atomic mass is 16.3. The summed E-state index contributed by atoms with van der Waals surface area (Å²) in [6.07, 6.45) is 0. The zero-order valence-corrected chi connectivity index (χ0v) is 32.3. The highest BCUT2D eigenvalue weighted by Gasteiger charge is 2.21. The summed E-state index contributed by atoms with van der Waals surface area (Å²) < 4.78 is 6.59. The summed E-state index contributed by atoms with van der Waals surface area (Å²) in [5.74, 6) is 0. The van der Waals surface area contributed by atoms with Gasteiger partial charge in [0, 0.05) is 16.3 Å². The van der Waals surface area contributed by atoms with Crippen molar-refractivity contribution in [3.05, 3.63) is 179 Å². The number of hydrogen-bond donors (Lipinski definition) is 0. The Morgan fingerprint density at radius 1 is 0.364 bits per heavy atom. The normalized spacial score (nSPS) is 11.8. The van der Waals surface area contributed by atoms with E-state index < -0.39 is 0 Å². The molecule has 0 amide bonds. The Labute approximate surface area is 322 Å². The maximum atomic E-state index is 6.59. The summed E-state index contributed by atoms with van der Waals surface area (Å²) in [7, 11) is 0. The molecular weight excluding hydrogens is 665 g/mol. The summed E-state index contributed by atoms with van der Waals surface area (Å²) in [5.41, 5.74) is 19.6. The van der Waals surface area contributed by atoms with E-state index in [0.717, 1.165) is 27.7 Å². The van der Waals surface area contributed by atoms with E-state index >= 15 is 0 Å². The van der Waals surface area contributed by atoms with Crippen molar-refractivity contribution in [1.82, 2.24) is 0 Å². The van der Waals surface area contributed by atoms with Crippen molar-refractivity contribution >= 4 is 54.3 Å². The van der Waals surface area contributed by atoms with Crippen LogP contribution in [0.1, 0.15) is 33.4 Å². The van der Waals surface area contributed by atoms with Crippen molar-refractivity contribution in [2.45, 2.75) is 41.5 Å². The molecule has 0 aliphatic rings. The molecule has 0 N–H and O–H groups in total.